The molecule has 2 rings (SSSR count). The number of benzene rings is 2. The van der Waals surface area contributed by atoms with Gasteiger partial charge in [0.1, 0.15) is 0 Å². The van der Waals surface area contributed by atoms with E-state index in [-0.39, 0.29) is 6.04 Å². The van der Waals surface area contributed by atoms with E-state index >= 15 is 0 Å². The summed E-state index contributed by atoms with van der Waals surface area (Å²) in [5.74, 6) is 0. The SMILES string of the molecule is CC(Nc1cccc(CN(C)C)c1)c1cccc(Br)c1. The van der Waals surface area contributed by atoms with Crippen molar-refractivity contribution in [1.29, 1.82) is 0 Å². The summed E-state index contributed by atoms with van der Waals surface area (Å²) >= 11 is 3.52. The van der Waals surface area contributed by atoms with Crippen molar-refractivity contribution < 1.29 is 0 Å². The van der Waals surface area contributed by atoms with Crippen molar-refractivity contribution in [3.8, 4) is 0 Å². The van der Waals surface area contributed by atoms with E-state index in [0.29, 0.717) is 0 Å². The molecule has 0 fully saturated rings. The van der Waals surface area contributed by atoms with Crippen LogP contribution in [0.4, 0.5) is 5.69 Å². The molecule has 0 saturated carbocycles. The van der Waals surface area contributed by atoms with E-state index < -0.39 is 0 Å². The molecule has 0 radical (unpaired) electrons. The topological polar surface area (TPSA) is 15.3 Å². The van der Waals surface area contributed by atoms with Crippen LogP contribution in [-0.2, 0) is 6.54 Å². The quantitative estimate of drug-likeness (QED) is 0.854. The van der Waals surface area contributed by atoms with Gasteiger partial charge in [-0.2, -0.15) is 0 Å². The van der Waals surface area contributed by atoms with Gasteiger partial charge in [-0.25, -0.2) is 0 Å². The van der Waals surface area contributed by atoms with Gasteiger partial charge in [0.05, 0.1) is 0 Å². The molecule has 0 aliphatic heterocycles. The van der Waals surface area contributed by atoms with Crippen LogP contribution in [-0.4, -0.2) is 19.0 Å². The average molecular weight is 333 g/mol. The average Bonchev–Trinajstić information content (AvgIpc) is 2.38. The zero-order chi connectivity index (χ0) is 14.5. The van der Waals surface area contributed by atoms with Crippen LogP contribution in [0.25, 0.3) is 0 Å². The fourth-order valence-electron chi connectivity index (χ4n) is 2.23. The molecule has 1 N–H and O–H groups in total. The molecule has 20 heavy (non-hydrogen) atoms. The minimum atomic E-state index is 0.280. The van der Waals surface area contributed by atoms with Crippen molar-refractivity contribution in [3.05, 3.63) is 64.1 Å². The zero-order valence-corrected chi connectivity index (χ0v) is 13.8. The van der Waals surface area contributed by atoms with Gasteiger partial charge in [0.2, 0.25) is 0 Å². The molecule has 0 aliphatic rings. The lowest BCUT2D eigenvalue weighted by atomic mass is 10.1. The lowest BCUT2D eigenvalue weighted by Crippen LogP contribution is -2.11. The highest BCUT2D eigenvalue weighted by Crippen LogP contribution is 2.22. The zero-order valence-electron chi connectivity index (χ0n) is 12.2. The third-order valence-electron chi connectivity index (χ3n) is 3.16. The largest absolute Gasteiger partial charge is 0.379 e. The Morgan fingerprint density at radius 1 is 1.10 bits per heavy atom. The second kappa shape index (κ2) is 6.91. The molecule has 0 aliphatic carbocycles. The Bertz CT molecular complexity index is 566. The Kier molecular flexibility index (Phi) is 5.21. The molecule has 0 aromatic heterocycles. The standard InChI is InChI=1S/C17H21BrN2/c1-13(15-7-5-8-16(18)11-15)19-17-9-4-6-14(10-17)12-20(2)3/h4-11,13,19H,12H2,1-3H3. The van der Waals surface area contributed by atoms with Gasteiger partial charge in [-0.15, -0.1) is 0 Å². The molecule has 0 saturated heterocycles. The second-order valence-electron chi connectivity index (χ2n) is 5.36. The molecule has 2 aromatic rings. The first kappa shape index (κ1) is 15.1. The maximum absolute atomic E-state index is 3.56. The molecule has 0 heterocycles. The monoisotopic (exact) mass is 332 g/mol. The third kappa shape index (κ3) is 4.36. The Hall–Kier alpha value is -1.32. The Labute approximate surface area is 129 Å². The van der Waals surface area contributed by atoms with Crippen LogP contribution < -0.4 is 5.32 Å². The van der Waals surface area contributed by atoms with E-state index in [2.05, 4.69) is 89.6 Å². The first-order valence-corrected chi connectivity index (χ1v) is 7.59. The van der Waals surface area contributed by atoms with Gasteiger partial charge in [-0.05, 0) is 56.4 Å². The predicted molar refractivity (Wildman–Crippen MR) is 90.0 cm³/mol. The third-order valence-corrected chi connectivity index (χ3v) is 3.65. The van der Waals surface area contributed by atoms with Gasteiger partial charge in [0, 0.05) is 22.7 Å². The molecule has 1 atom stereocenters. The molecular formula is C17H21BrN2. The van der Waals surface area contributed by atoms with Gasteiger partial charge in [-0.3, -0.25) is 0 Å². The first-order valence-electron chi connectivity index (χ1n) is 6.80. The van der Waals surface area contributed by atoms with Crippen molar-refractivity contribution >= 4 is 21.6 Å². The molecule has 1 unspecified atom stereocenters. The van der Waals surface area contributed by atoms with Crippen molar-refractivity contribution in [2.24, 2.45) is 0 Å². The summed E-state index contributed by atoms with van der Waals surface area (Å²) in [7, 11) is 4.18. The summed E-state index contributed by atoms with van der Waals surface area (Å²) in [6, 6.07) is 17.3. The number of hydrogen-bond acceptors (Lipinski definition) is 2. The highest BCUT2D eigenvalue weighted by atomic mass is 79.9. The van der Waals surface area contributed by atoms with Crippen molar-refractivity contribution in [2.75, 3.05) is 19.4 Å². The van der Waals surface area contributed by atoms with Gasteiger partial charge in [-0.1, -0.05) is 40.2 Å². The number of anilines is 1. The van der Waals surface area contributed by atoms with E-state index in [1.54, 1.807) is 0 Å². The maximum Gasteiger partial charge on any atom is 0.0486 e. The van der Waals surface area contributed by atoms with Crippen molar-refractivity contribution in [2.45, 2.75) is 19.5 Å². The molecule has 2 aromatic carbocycles. The number of nitrogens with one attached hydrogen (secondary N) is 1. The summed E-state index contributed by atoms with van der Waals surface area (Å²) in [6.07, 6.45) is 0. The summed E-state index contributed by atoms with van der Waals surface area (Å²) < 4.78 is 1.12. The fourth-order valence-corrected chi connectivity index (χ4v) is 2.65. The lowest BCUT2D eigenvalue weighted by Gasteiger charge is -2.17. The second-order valence-corrected chi connectivity index (χ2v) is 6.27. The molecular weight excluding hydrogens is 312 g/mol. The van der Waals surface area contributed by atoms with E-state index in [9.17, 15) is 0 Å². The van der Waals surface area contributed by atoms with Crippen LogP contribution >= 0.6 is 15.9 Å². The van der Waals surface area contributed by atoms with Gasteiger partial charge in [0.25, 0.3) is 0 Å². The Balaban J connectivity index is 2.09. The van der Waals surface area contributed by atoms with Gasteiger partial charge >= 0.3 is 0 Å². The first-order chi connectivity index (χ1) is 9.54. The van der Waals surface area contributed by atoms with Crippen LogP contribution in [0, 0.1) is 0 Å². The molecule has 2 nitrogen and oxygen atoms in total. The molecule has 0 bridgehead atoms. The summed E-state index contributed by atoms with van der Waals surface area (Å²) in [5.41, 5.74) is 3.76. The highest BCUT2D eigenvalue weighted by molar-refractivity contribution is 9.10. The smallest absolute Gasteiger partial charge is 0.0486 e. The van der Waals surface area contributed by atoms with Crippen LogP contribution in [0.2, 0.25) is 0 Å². The maximum atomic E-state index is 3.56. The van der Waals surface area contributed by atoms with Crippen LogP contribution in [0.3, 0.4) is 0 Å². The van der Waals surface area contributed by atoms with Crippen molar-refractivity contribution in [3.63, 3.8) is 0 Å². The predicted octanol–water partition coefficient (Wildman–Crippen LogP) is 4.68. The van der Waals surface area contributed by atoms with Gasteiger partial charge in [0.15, 0.2) is 0 Å². The number of nitrogens with zero attached hydrogens (tertiary/aromatic N) is 1. The Morgan fingerprint density at radius 3 is 2.55 bits per heavy atom. The lowest BCUT2D eigenvalue weighted by molar-refractivity contribution is 0.402. The Morgan fingerprint density at radius 2 is 1.85 bits per heavy atom. The van der Waals surface area contributed by atoms with Gasteiger partial charge < -0.3 is 10.2 Å². The van der Waals surface area contributed by atoms with E-state index in [4.69, 9.17) is 0 Å². The van der Waals surface area contributed by atoms with E-state index in [1.165, 1.54) is 11.1 Å². The number of halogens is 1. The van der Waals surface area contributed by atoms with E-state index in [0.717, 1.165) is 16.7 Å². The normalized spacial score (nSPS) is 12.4. The van der Waals surface area contributed by atoms with E-state index in [1.807, 2.05) is 6.07 Å². The number of hydrogen-bond donors (Lipinski definition) is 1. The summed E-state index contributed by atoms with van der Waals surface area (Å²) in [4.78, 5) is 2.18. The minimum Gasteiger partial charge on any atom is -0.379 e. The highest BCUT2D eigenvalue weighted by Gasteiger charge is 2.06. The number of rotatable bonds is 5. The van der Waals surface area contributed by atoms with Crippen molar-refractivity contribution in [1.82, 2.24) is 4.90 Å². The molecule has 0 spiro atoms. The molecule has 0 amide bonds. The fraction of sp³-hybridized carbons (Fsp3) is 0.294. The summed E-state index contributed by atoms with van der Waals surface area (Å²) in [6.45, 7) is 3.14. The van der Waals surface area contributed by atoms with Crippen LogP contribution in [0.5, 0.6) is 0 Å². The summed E-state index contributed by atoms with van der Waals surface area (Å²) in [5, 5.41) is 3.56. The minimum absolute atomic E-state index is 0.280. The van der Waals surface area contributed by atoms with Crippen LogP contribution in [0.1, 0.15) is 24.1 Å². The molecule has 106 valence electrons. The molecule has 3 heteroatoms. The van der Waals surface area contributed by atoms with Crippen LogP contribution in [0.15, 0.2) is 53.0 Å².